The average Bonchev–Trinajstić information content (AvgIpc) is 3.20. The zero-order valence-corrected chi connectivity index (χ0v) is 18.9. The van der Waals surface area contributed by atoms with E-state index in [-0.39, 0.29) is 17.8 Å². The zero-order chi connectivity index (χ0) is 24.5. The maximum absolute atomic E-state index is 14.8. The molecule has 5 rings (SSSR count). The lowest BCUT2D eigenvalue weighted by molar-refractivity contribution is -0.119. The molecule has 4 aromatic rings. The highest BCUT2D eigenvalue weighted by Gasteiger charge is 2.32. The number of hydrogen-bond acceptors (Lipinski definition) is 3. The molecule has 172 valence electrons. The van der Waals surface area contributed by atoms with Gasteiger partial charge in [-0.2, -0.15) is 0 Å². The normalized spacial score (nSPS) is 15.2. The molecule has 0 fully saturated rings. The molecule has 0 radical (unpaired) electrons. The number of nitrogens with one attached hydrogen (secondary N) is 1. The van der Waals surface area contributed by atoms with E-state index in [2.05, 4.69) is 16.2 Å². The van der Waals surface area contributed by atoms with Gasteiger partial charge >= 0.3 is 0 Å². The van der Waals surface area contributed by atoms with Gasteiger partial charge in [0.2, 0.25) is 6.17 Å². The van der Waals surface area contributed by atoms with E-state index in [4.69, 9.17) is 6.42 Å². The summed E-state index contributed by atoms with van der Waals surface area (Å²) in [6.45, 7) is 0.184. The summed E-state index contributed by atoms with van der Waals surface area (Å²) in [6, 6.07) is 22.6. The maximum atomic E-state index is 14.8. The van der Waals surface area contributed by atoms with Crippen LogP contribution in [0.25, 0.3) is 10.9 Å². The van der Waals surface area contributed by atoms with Crippen molar-refractivity contribution in [1.29, 1.82) is 0 Å². The third kappa shape index (κ3) is 3.85. The molecule has 35 heavy (non-hydrogen) atoms. The van der Waals surface area contributed by atoms with E-state index >= 15 is 0 Å². The van der Waals surface area contributed by atoms with Gasteiger partial charge in [-0.05, 0) is 30.3 Å². The summed E-state index contributed by atoms with van der Waals surface area (Å²) in [5.41, 5.74) is 2.80. The van der Waals surface area contributed by atoms with Gasteiger partial charge in [0.15, 0.2) is 0 Å². The van der Waals surface area contributed by atoms with Gasteiger partial charge in [-0.15, -0.1) is 6.42 Å². The molecule has 0 aliphatic carbocycles. The van der Waals surface area contributed by atoms with Crippen LogP contribution in [0, 0.1) is 18.2 Å². The molecule has 1 aliphatic heterocycles. The van der Waals surface area contributed by atoms with Crippen molar-refractivity contribution in [2.45, 2.75) is 12.7 Å². The Labute approximate surface area is 201 Å². The number of terminal acetylenes is 1. The molecule has 1 atom stereocenters. The molecule has 7 heteroatoms. The van der Waals surface area contributed by atoms with E-state index in [0.29, 0.717) is 16.9 Å². The molecule has 2 heterocycles. The van der Waals surface area contributed by atoms with Crippen LogP contribution in [0.2, 0.25) is 0 Å². The van der Waals surface area contributed by atoms with Crippen LogP contribution in [0.5, 0.6) is 0 Å². The molecule has 6 nitrogen and oxygen atoms in total. The van der Waals surface area contributed by atoms with Crippen molar-refractivity contribution in [3.63, 3.8) is 0 Å². The first-order valence-corrected chi connectivity index (χ1v) is 11.0. The molecule has 3 aromatic carbocycles. The third-order valence-electron chi connectivity index (χ3n) is 6.03. The largest absolute Gasteiger partial charge is 0.325 e. The Kier molecular flexibility index (Phi) is 5.63. The number of fused-ring (bicyclic) bond motifs is 2. The van der Waals surface area contributed by atoms with Gasteiger partial charge in [0.1, 0.15) is 11.5 Å². The maximum Gasteiger partial charge on any atom is 0.272 e. The van der Waals surface area contributed by atoms with Crippen molar-refractivity contribution in [3.05, 3.63) is 102 Å². The van der Waals surface area contributed by atoms with Crippen LogP contribution < -0.4 is 10.2 Å². The summed E-state index contributed by atoms with van der Waals surface area (Å²) in [7, 11) is 1.61. The number of benzene rings is 3. The minimum absolute atomic E-state index is 0.184. The van der Waals surface area contributed by atoms with Gasteiger partial charge in [0.25, 0.3) is 11.8 Å². The van der Waals surface area contributed by atoms with E-state index in [9.17, 15) is 14.0 Å². The van der Waals surface area contributed by atoms with E-state index in [0.717, 1.165) is 10.9 Å². The number of rotatable bonds is 4. The lowest BCUT2D eigenvalue weighted by Gasteiger charge is -2.21. The number of nitrogens with zero attached hydrogens (tertiary/aromatic N) is 3. The van der Waals surface area contributed by atoms with Crippen molar-refractivity contribution in [2.75, 3.05) is 11.9 Å². The van der Waals surface area contributed by atoms with Crippen LogP contribution in [-0.2, 0) is 11.3 Å². The summed E-state index contributed by atoms with van der Waals surface area (Å²) in [5.74, 6) is 1.14. The van der Waals surface area contributed by atoms with Gasteiger partial charge < -0.3 is 14.8 Å². The zero-order valence-electron chi connectivity index (χ0n) is 18.9. The summed E-state index contributed by atoms with van der Waals surface area (Å²) in [5, 5.41) is 3.59. The Hall–Kier alpha value is -4.70. The summed E-state index contributed by atoms with van der Waals surface area (Å²) in [4.78, 5) is 32.8. The average molecular weight is 465 g/mol. The fourth-order valence-electron chi connectivity index (χ4n) is 4.34. The number of aromatic nitrogens is 1. The van der Waals surface area contributed by atoms with Crippen LogP contribution >= 0.6 is 0 Å². The van der Waals surface area contributed by atoms with E-state index in [1.54, 1.807) is 60.1 Å². The van der Waals surface area contributed by atoms with Gasteiger partial charge in [-0.25, -0.2) is 9.38 Å². The van der Waals surface area contributed by atoms with Crippen molar-refractivity contribution >= 4 is 34.1 Å². The van der Waals surface area contributed by atoms with E-state index < -0.39 is 23.8 Å². The van der Waals surface area contributed by atoms with Crippen LogP contribution in [0.15, 0.2) is 83.9 Å². The van der Waals surface area contributed by atoms with Crippen LogP contribution in [0.3, 0.4) is 0 Å². The van der Waals surface area contributed by atoms with Gasteiger partial charge in [-0.3, -0.25) is 9.59 Å². The minimum atomic E-state index is -1.27. The first-order valence-electron chi connectivity index (χ1n) is 11.0. The number of carbonyl (C=O) groups excluding carboxylic acids is 2. The third-order valence-corrected chi connectivity index (χ3v) is 6.03. The number of para-hydroxylation sites is 2. The second-order valence-electron chi connectivity index (χ2n) is 8.13. The predicted octanol–water partition coefficient (Wildman–Crippen LogP) is 3.98. The quantitative estimate of drug-likeness (QED) is 0.464. The molecule has 0 saturated heterocycles. The van der Waals surface area contributed by atoms with Gasteiger partial charge in [-0.1, -0.05) is 54.5 Å². The van der Waals surface area contributed by atoms with Crippen molar-refractivity contribution in [1.82, 2.24) is 9.88 Å². The van der Waals surface area contributed by atoms with Crippen molar-refractivity contribution in [3.8, 4) is 12.3 Å². The van der Waals surface area contributed by atoms with Gasteiger partial charge in [0, 0.05) is 29.1 Å². The molecule has 0 spiro atoms. The topological polar surface area (TPSA) is 66.7 Å². The highest BCUT2D eigenvalue weighted by molar-refractivity contribution is 6.20. The fourth-order valence-corrected chi connectivity index (χ4v) is 4.34. The number of likely N-dealkylation sites (N-methyl/N-ethyl adjacent to an activating group) is 1. The van der Waals surface area contributed by atoms with Crippen molar-refractivity contribution < 1.29 is 14.0 Å². The number of halogens is 1. The molecule has 1 unspecified atom stereocenters. The minimum Gasteiger partial charge on any atom is -0.325 e. The Morgan fingerprint density at radius 2 is 1.74 bits per heavy atom. The summed E-state index contributed by atoms with van der Waals surface area (Å²) >= 11 is 0. The SMILES string of the molecule is C#CCn1c(C(=O)NC2N=C(c3ccccc3F)c3ccccc3N(C)C2=O)cc2ccccc21. The number of amides is 2. The molecule has 2 amide bonds. The highest BCUT2D eigenvalue weighted by Crippen LogP contribution is 2.28. The molecule has 0 saturated carbocycles. The molecular formula is C28H21FN4O2. The second kappa shape index (κ2) is 8.92. The lowest BCUT2D eigenvalue weighted by Crippen LogP contribution is -2.46. The van der Waals surface area contributed by atoms with Crippen LogP contribution in [0.4, 0.5) is 10.1 Å². The highest BCUT2D eigenvalue weighted by atomic mass is 19.1. The van der Waals surface area contributed by atoms with E-state index in [1.165, 1.54) is 11.0 Å². The smallest absolute Gasteiger partial charge is 0.272 e. The van der Waals surface area contributed by atoms with Crippen LogP contribution in [-0.4, -0.2) is 35.3 Å². The van der Waals surface area contributed by atoms with Gasteiger partial charge in [0.05, 0.1) is 17.9 Å². The number of hydrogen-bond donors (Lipinski definition) is 1. The molecule has 1 aromatic heterocycles. The monoisotopic (exact) mass is 464 g/mol. The Morgan fingerprint density at radius 3 is 2.51 bits per heavy atom. The first-order chi connectivity index (χ1) is 17.0. The van der Waals surface area contributed by atoms with Crippen LogP contribution in [0.1, 0.15) is 21.6 Å². The molecule has 1 aliphatic rings. The molecule has 1 N–H and O–H groups in total. The fraction of sp³-hybridized carbons (Fsp3) is 0.107. The summed E-state index contributed by atoms with van der Waals surface area (Å²) < 4.78 is 16.5. The predicted molar refractivity (Wildman–Crippen MR) is 134 cm³/mol. The van der Waals surface area contributed by atoms with E-state index in [1.807, 2.05) is 24.3 Å². The second-order valence-corrected chi connectivity index (χ2v) is 8.13. The number of anilines is 1. The molecular weight excluding hydrogens is 443 g/mol. The standard InChI is InChI=1S/C28H21FN4O2/c1-3-16-33-22-14-8-4-10-18(22)17-24(33)27(34)31-26-28(35)32(2)23-15-9-6-12-20(23)25(30-26)19-11-5-7-13-21(19)29/h1,4-15,17,26H,16H2,2H3,(H,31,34). The Bertz CT molecular complexity index is 1550. The molecule has 0 bridgehead atoms. The lowest BCUT2D eigenvalue weighted by atomic mass is 10.00. The number of carbonyl (C=O) groups is 2. The Balaban J connectivity index is 1.60. The first kappa shape index (κ1) is 22.1. The number of benzodiazepines with no additional fused rings is 1. The summed E-state index contributed by atoms with van der Waals surface area (Å²) in [6.07, 6.45) is 4.28. The number of aliphatic imine (C=N–C) groups is 1. The Morgan fingerprint density at radius 1 is 1.06 bits per heavy atom. The van der Waals surface area contributed by atoms with Crippen molar-refractivity contribution in [2.24, 2.45) is 4.99 Å².